The SMILES string of the molecule is CCN(CC)C1CNC(C(=O)O)C1CCCB(C)O. The topological polar surface area (TPSA) is 72.8 Å². The first-order valence-corrected chi connectivity index (χ1v) is 7.39. The summed E-state index contributed by atoms with van der Waals surface area (Å²) in [5.74, 6) is -0.618. The second-order valence-corrected chi connectivity index (χ2v) is 5.46. The van der Waals surface area contributed by atoms with E-state index in [1.54, 1.807) is 6.82 Å². The molecular weight excluding hydrogens is 243 g/mol. The molecule has 1 aliphatic heterocycles. The van der Waals surface area contributed by atoms with E-state index in [0.717, 1.165) is 38.8 Å². The van der Waals surface area contributed by atoms with Gasteiger partial charge in [-0.2, -0.15) is 0 Å². The van der Waals surface area contributed by atoms with Gasteiger partial charge < -0.3 is 15.4 Å². The van der Waals surface area contributed by atoms with Gasteiger partial charge in [-0.25, -0.2) is 0 Å². The monoisotopic (exact) mass is 270 g/mol. The van der Waals surface area contributed by atoms with Gasteiger partial charge in [-0.3, -0.25) is 9.69 Å². The third kappa shape index (κ3) is 4.47. The number of carboxylic acids is 1. The Kier molecular flexibility index (Phi) is 6.82. The molecule has 3 N–H and O–H groups in total. The van der Waals surface area contributed by atoms with E-state index in [9.17, 15) is 14.9 Å². The molecule has 1 saturated heterocycles. The van der Waals surface area contributed by atoms with Gasteiger partial charge in [0.2, 0.25) is 0 Å². The summed E-state index contributed by atoms with van der Waals surface area (Å²) >= 11 is 0. The minimum atomic E-state index is -0.753. The summed E-state index contributed by atoms with van der Waals surface area (Å²) in [6.45, 7) is 8.35. The molecule has 0 aromatic heterocycles. The van der Waals surface area contributed by atoms with Crippen LogP contribution in [0, 0.1) is 5.92 Å². The number of rotatable bonds is 8. The lowest BCUT2D eigenvalue weighted by Gasteiger charge is -2.31. The maximum atomic E-state index is 11.3. The zero-order valence-corrected chi connectivity index (χ0v) is 12.3. The Morgan fingerprint density at radius 3 is 2.53 bits per heavy atom. The summed E-state index contributed by atoms with van der Waals surface area (Å²) in [6, 6.07) is -0.148. The number of likely N-dealkylation sites (N-methyl/N-ethyl adjacent to an activating group) is 1. The van der Waals surface area contributed by atoms with E-state index in [-0.39, 0.29) is 12.8 Å². The molecule has 3 atom stereocenters. The number of carbonyl (C=O) groups is 1. The lowest BCUT2D eigenvalue weighted by molar-refractivity contribution is -0.140. The van der Waals surface area contributed by atoms with Crippen LogP contribution in [0.2, 0.25) is 13.1 Å². The molecule has 0 bridgehead atoms. The molecule has 0 aromatic carbocycles. The molecule has 110 valence electrons. The Hall–Kier alpha value is -0.585. The summed E-state index contributed by atoms with van der Waals surface area (Å²) < 4.78 is 0. The summed E-state index contributed by atoms with van der Waals surface area (Å²) in [7, 11) is 0. The third-order valence-corrected chi connectivity index (χ3v) is 4.18. The highest BCUT2D eigenvalue weighted by Crippen LogP contribution is 2.27. The first kappa shape index (κ1) is 16.5. The van der Waals surface area contributed by atoms with Crippen LogP contribution in [-0.2, 0) is 4.79 Å². The Balaban J connectivity index is 2.66. The largest absolute Gasteiger partial charge is 0.480 e. The lowest BCUT2D eigenvalue weighted by atomic mass is 9.66. The molecule has 0 spiro atoms. The van der Waals surface area contributed by atoms with Gasteiger partial charge in [-0.1, -0.05) is 27.1 Å². The first-order valence-electron chi connectivity index (χ1n) is 7.39. The molecule has 1 fully saturated rings. The fraction of sp³-hybridized carbons (Fsp3) is 0.923. The van der Waals surface area contributed by atoms with Crippen molar-refractivity contribution in [1.29, 1.82) is 0 Å². The van der Waals surface area contributed by atoms with Gasteiger partial charge >= 0.3 is 5.97 Å². The minimum absolute atomic E-state index is 0.135. The summed E-state index contributed by atoms with van der Waals surface area (Å²) in [5, 5.41) is 21.8. The molecule has 1 rings (SSSR count). The van der Waals surface area contributed by atoms with Crippen LogP contribution in [0.5, 0.6) is 0 Å². The quantitative estimate of drug-likeness (QED) is 0.568. The van der Waals surface area contributed by atoms with Crippen LogP contribution in [0.25, 0.3) is 0 Å². The highest BCUT2D eigenvalue weighted by atomic mass is 16.4. The number of carboxylic acid groups (broad SMARTS) is 1. The molecule has 0 amide bonds. The van der Waals surface area contributed by atoms with Gasteiger partial charge in [-0.15, -0.1) is 0 Å². The molecule has 0 radical (unpaired) electrons. The van der Waals surface area contributed by atoms with Crippen LogP contribution in [-0.4, -0.2) is 59.6 Å². The van der Waals surface area contributed by atoms with Crippen molar-refractivity contribution in [3.63, 3.8) is 0 Å². The van der Waals surface area contributed by atoms with E-state index >= 15 is 0 Å². The van der Waals surface area contributed by atoms with E-state index < -0.39 is 12.0 Å². The Morgan fingerprint density at radius 2 is 2.05 bits per heavy atom. The van der Waals surface area contributed by atoms with Gasteiger partial charge in [0.25, 0.3) is 6.92 Å². The normalized spacial score (nSPS) is 26.9. The maximum Gasteiger partial charge on any atom is 0.321 e. The maximum absolute atomic E-state index is 11.3. The molecule has 1 heterocycles. The van der Waals surface area contributed by atoms with Crippen molar-refractivity contribution >= 4 is 12.9 Å². The third-order valence-electron chi connectivity index (χ3n) is 4.18. The minimum Gasteiger partial charge on any atom is -0.480 e. The Labute approximate surface area is 116 Å². The highest BCUT2D eigenvalue weighted by molar-refractivity contribution is 6.48. The summed E-state index contributed by atoms with van der Waals surface area (Å²) in [6.07, 6.45) is 2.48. The molecular formula is C13H27BN2O3. The summed E-state index contributed by atoms with van der Waals surface area (Å²) in [5.41, 5.74) is 0. The van der Waals surface area contributed by atoms with Crippen molar-refractivity contribution in [2.75, 3.05) is 19.6 Å². The van der Waals surface area contributed by atoms with Crippen LogP contribution < -0.4 is 5.32 Å². The zero-order valence-electron chi connectivity index (χ0n) is 12.3. The fourth-order valence-electron chi connectivity index (χ4n) is 3.14. The van der Waals surface area contributed by atoms with Crippen molar-refractivity contribution in [2.24, 2.45) is 5.92 Å². The molecule has 0 aromatic rings. The Bertz CT molecular complexity index is 285. The van der Waals surface area contributed by atoms with Crippen LogP contribution >= 0.6 is 0 Å². The molecule has 0 aliphatic carbocycles. The van der Waals surface area contributed by atoms with Crippen molar-refractivity contribution in [3.8, 4) is 0 Å². The van der Waals surface area contributed by atoms with E-state index in [0.29, 0.717) is 6.04 Å². The average molecular weight is 270 g/mol. The van der Waals surface area contributed by atoms with Crippen molar-refractivity contribution < 1.29 is 14.9 Å². The summed E-state index contributed by atoms with van der Waals surface area (Å²) in [4.78, 5) is 13.7. The van der Waals surface area contributed by atoms with E-state index in [2.05, 4.69) is 24.1 Å². The first-order chi connectivity index (χ1) is 9.01. The number of nitrogens with zero attached hydrogens (tertiary/aromatic N) is 1. The van der Waals surface area contributed by atoms with Gasteiger partial charge in [-0.05, 0) is 25.8 Å². The number of aliphatic carboxylic acids is 1. The molecule has 1 aliphatic rings. The van der Waals surface area contributed by atoms with Gasteiger partial charge in [0, 0.05) is 18.5 Å². The van der Waals surface area contributed by atoms with Crippen molar-refractivity contribution in [1.82, 2.24) is 10.2 Å². The molecule has 19 heavy (non-hydrogen) atoms. The highest BCUT2D eigenvalue weighted by Gasteiger charge is 2.41. The molecule has 0 saturated carbocycles. The standard InChI is InChI=1S/C13H27BN2O3/c1-4-16(5-2)11-9-15-12(13(17)18)10(11)7-6-8-14(3)19/h10-12,15,19H,4-9H2,1-3H3,(H,17,18). The van der Waals surface area contributed by atoms with Crippen LogP contribution in [0.3, 0.4) is 0 Å². The second kappa shape index (κ2) is 7.87. The average Bonchev–Trinajstić information content (AvgIpc) is 2.75. The number of hydrogen-bond acceptors (Lipinski definition) is 4. The van der Waals surface area contributed by atoms with E-state index in [1.165, 1.54) is 0 Å². The molecule has 3 unspecified atom stereocenters. The predicted molar refractivity (Wildman–Crippen MR) is 77.5 cm³/mol. The second-order valence-electron chi connectivity index (χ2n) is 5.46. The molecule has 6 heteroatoms. The number of nitrogens with one attached hydrogen (secondary N) is 1. The lowest BCUT2D eigenvalue weighted by Crippen LogP contribution is -2.42. The van der Waals surface area contributed by atoms with Crippen LogP contribution in [0.1, 0.15) is 26.7 Å². The van der Waals surface area contributed by atoms with Gasteiger partial charge in [0.15, 0.2) is 0 Å². The number of hydrogen-bond donors (Lipinski definition) is 3. The predicted octanol–water partition coefficient (Wildman–Crippen LogP) is 0.763. The Morgan fingerprint density at radius 1 is 1.42 bits per heavy atom. The van der Waals surface area contributed by atoms with Crippen LogP contribution in [0.4, 0.5) is 0 Å². The van der Waals surface area contributed by atoms with Crippen molar-refractivity contribution in [2.45, 2.75) is 51.9 Å². The van der Waals surface area contributed by atoms with Crippen molar-refractivity contribution in [3.05, 3.63) is 0 Å². The molecule has 5 nitrogen and oxygen atoms in total. The van der Waals surface area contributed by atoms with Gasteiger partial charge in [0.1, 0.15) is 6.04 Å². The smallest absolute Gasteiger partial charge is 0.321 e. The van der Waals surface area contributed by atoms with Gasteiger partial charge in [0.05, 0.1) is 0 Å². The van der Waals surface area contributed by atoms with E-state index in [1.807, 2.05) is 0 Å². The van der Waals surface area contributed by atoms with E-state index in [4.69, 9.17) is 0 Å². The fourth-order valence-corrected chi connectivity index (χ4v) is 3.14. The van der Waals surface area contributed by atoms with Crippen LogP contribution in [0.15, 0.2) is 0 Å². The zero-order chi connectivity index (χ0) is 14.4.